The first-order valence-corrected chi connectivity index (χ1v) is 11.7. The number of carbonyl (C=O) groups excluding carboxylic acids is 1. The SMILES string of the molecule is CC(C)CN(Cc1cccn1C)C(=O)CN(C(C)C)S(=O)(=O)C=Cc1ccccc1. The summed E-state index contributed by atoms with van der Waals surface area (Å²) >= 11 is 0. The Bertz CT molecular complexity index is 947. The summed E-state index contributed by atoms with van der Waals surface area (Å²) < 4.78 is 29.2. The van der Waals surface area contributed by atoms with E-state index in [-0.39, 0.29) is 24.4 Å². The number of amides is 1. The van der Waals surface area contributed by atoms with Crippen LogP contribution in [0.4, 0.5) is 0 Å². The molecular formula is C23H33N3O3S. The van der Waals surface area contributed by atoms with Gasteiger partial charge in [0.1, 0.15) is 0 Å². The monoisotopic (exact) mass is 431 g/mol. The molecule has 0 fully saturated rings. The van der Waals surface area contributed by atoms with E-state index in [1.807, 2.05) is 74.1 Å². The number of benzene rings is 1. The Balaban J connectivity index is 2.20. The molecule has 0 atom stereocenters. The van der Waals surface area contributed by atoms with Crippen molar-refractivity contribution in [1.29, 1.82) is 0 Å². The Labute approximate surface area is 180 Å². The Hall–Kier alpha value is -2.38. The predicted molar refractivity (Wildman–Crippen MR) is 122 cm³/mol. The minimum atomic E-state index is -3.75. The molecule has 0 bridgehead atoms. The Morgan fingerprint density at radius 3 is 2.27 bits per heavy atom. The van der Waals surface area contributed by atoms with E-state index in [1.165, 1.54) is 9.71 Å². The normalized spacial score (nSPS) is 12.4. The van der Waals surface area contributed by atoms with Crippen LogP contribution in [0.1, 0.15) is 39.0 Å². The Morgan fingerprint density at radius 1 is 1.07 bits per heavy atom. The van der Waals surface area contributed by atoms with Crippen LogP contribution in [0, 0.1) is 5.92 Å². The van der Waals surface area contributed by atoms with Gasteiger partial charge in [-0.25, -0.2) is 8.42 Å². The number of aryl methyl sites for hydroxylation is 1. The summed E-state index contributed by atoms with van der Waals surface area (Å²) in [5.41, 5.74) is 1.80. The molecule has 0 N–H and O–H groups in total. The third-order valence-electron chi connectivity index (χ3n) is 4.77. The van der Waals surface area contributed by atoms with E-state index in [4.69, 9.17) is 0 Å². The number of nitrogens with zero attached hydrogens (tertiary/aromatic N) is 3. The molecule has 30 heavy (non-hydrogen) atoms. The molecule has 0 aliphatic heterocycles. The van der Waals surface area contributed by atoms with E-state index in [9.17, 15) is 13.2 Å². The summed E-state index contributed by atoms with van der Waals surface area (Å²) in [5.74, 6) is 0.0755. The summed E-state index contributed by atoms with van der Waals surface area (Å²) in [6.07, 6.45) is 3.50. The topological polar surface area (TPSA) is 62.6 Å². The van der Waals surface area contributed by atoms with Gasteiger partial charge in [-0.15, -0.1) is 0 Å². The molecule has 0 spiro atoms. The molecular weight excluding hydrogens is 398 g/mol. The smallest absolute Gasteiger partial charge is 0.238 e. The molecule has 2 aromatic rings. The average Bonchev–Trinajstić information content (AvgIpc) is 3.08. The van der Waals surface area contributed by atoms with Gasteiger partial charge >= 0.3 is 0 Å². The molecule has 6 nitrogen and oxygen atoms in total. The largest absolute Gasteiger partial charge is 0.353 e. The summed E-state index contributed by atoms with van der Waals surface area (Å²) in [6, 6.07) is 12.8. The molecule has 0 aliphatic carbocycles. The zero-order chi connectivity index (χ0) is 22.3. The number of rotatable bonds is 10. The zero-order valence-electron chi connectivity index (χ0n) is 18.5. The van der Waals surface area contributed by atoms with Gasteiger partial charge in [0.15, 0.2) is 0 Å². The lowest BCUT2D eigenvalue weighted by Gasteiger charge is -2.29. The van der Waals surface area contributed by atoms with Crippen LogP contribution < -0.4 is 0 Å². The van der Waals surface area contributed by atoms with E-state index in [1.54, 1.807) is 24.8 Å². The van der Waals surface area contributed by atoms with Gasteiger partial charge in [-0.2, -0.15) is 4.31 Å². The van der Waals surface area contributed by atoms with Crippen LogP contribution in [0.3, 0.4) is 0 Å². The molecule has 1 aromatic carbocycles. The van der Waals surface area contributed by atoms with Crippen molar-refractivity contribution in [2.24, 2.45) is 13.0 Å². The van der Waals surface area contributed by atoms with E-state index < -0.39 is 10.0 Å². The van der Waals surface area contributed by atoms with Gasteiger partial charge in [-0.3, -0.25) is 4.79 Å². The number of carbonyl (C=O) groups is 1. The van der Waals surface area contributed by atoms with Gasteiger partial charge in [-0.05, 0) is 43.5 Å². The van der Waals surface area contributed by atoms with Crippen molar-refractivity contribution < 1.29 is 13.2 Å². The van der Waals surface area contributed by atoms with Crippen molar-refractivity contribution >= 4 is 22.0 Å². The van der Waals surface area contributed by atoms with Crippen molar-refractivity contribution in [1.82, 2.24) is 13.8 Å². The van der Waals surface area contributed by atoms with Gasteiger partial charge in [0.2, 0.25) is 15.9 Å². The molecule has 0 aliphatic rings. The fourth-order valence-corrected chi connectivity index (χ4v) is 4.52. The number of sulfonamides is 1. The van der Waals surface area contributed by atoms with Gasteiger partial charge < -0.3 is 9.47 Å². The number of hydrogen-bond acceptors (Lipinski definition) is 3. The van der Waals surface area contributed by atoms with Crippen molar-refractivity contribution in [2.45, 2.75) is 40.3 Å². The summed E-state index contributed by atoms with van der Waals surface area (Å²) in [5, 5.41) is 1.18. The fourth-order valence-electron chi connectivity index (χ4n) is 3.16. The predicted octanol–water partition coefficient (Wildman–Crippen LogP) is 3.72. The highest BCUT2D eigenvalue weighted by atomic mass is 32.2. The standard InChI is InChI=1S/C23H33N3O3S/c1-19(2)16-25(17-22-12-9-14-24(22)5)23(27)18-26(20(3)4)30(28,29)15-13-21-10-7-6-8-11-21/h6-15,19-20H,16-18H2,1-5H3. The molecule has 0 radical (unpaired) electrons. The van der Waals surface area contributed by atoms with Crippen molar-refractivity contribution in [3.8, 4) is 0 Å². The second-order valence-corrected chi connectivity index (χ2v) is 9.95. The second-order valence-electron chi connectivity index (χ2n) is 8.18. The summed E-state index contributed by atoms with van der Waals surface area (Å²) in [6.45, 7) is 8.49. The van der Waals surface area contributed by atoms with Crippen LogP contribution in [0.5, 0.6) is 0 Å². The molecule has 0 saturated carbocycles. The quantitative estimate of drug-likeness (QED) is 0.576. The first-order valence-electron chi connectivity index (χ1n) is 10.2. The van der Waals surface area contributed by atoms with Crippen LogP contribution in [-0.4, -0.2) is 47.2 Å². The zero-order valence-corrected chi connectivity index (χ0v) is 19.3. The van der Waals surface area contributed by atoms with Crippen LogP contribution in [0.15, 0.2) is 54.1 Å². The average molecular weight is 432 g/mol. The molecule has 0 saturated heterocycles. The Morgan fingerprint density at radius 2 is 1.73 bits per heavy atom. The van der Waals surface area contributed by atoms with E-state index in [2.05, 4.69) is 0 Å². The lowest BCUT2D eigenvalue weighted by atomic mass is 10.2. The Kier molecular flexibility index (Phi) is 8.43. The lowest BCUT2D eigenvalue weighted by Crippen LogP contribution is -2.46. The van der Waals surface area contributed by atoms with Gasteiger partial charge in [0.25, 0.3) is 0 Å². The molecule has 1 heterocycles. The summed E-state index contributed by atoms with van der Waals surface area (Å²) in [7, 11) is -1.81. The number of hydrogen-bond donors (Lipinski definition) is 0. The third-order valence-corrected chi connectivity index (χ3v) is 6.45. The maximum absolute atomic E-state index is 13.1. The molecule has 7 heteroatoms. The fraction of sp³-hybridized carbons (Fsp3) is 0.435. The van der Waals surface area contributed by atoms with Crippen molar-refractivity contribution in [3.63, 3.8) is 0 Å². The van der Waals surface area contributed by atoms with Crippen LogP contribution in [0.2, 0.25) is 0 Å². The second kappa shape index (κ2) is 10.6. The van der Waals surface area contributed by atoms with Gasteiger partial charge in [0, 0.05) is 36.9 Å². The van der Waals surface area contributed by atoms with Gasteiger partial charge in [-0.1, -0.05) is 44.2 Å². The third kappa shape index (κ3) is 6.85. The molecule has 1 amide bonds. The van der Waals surface area contributed by atoms with E-state index in [0.29, 0.717) is 13.1 Å². The lowest BCUT2D eigenvalue weighted by molar-refractivity contribution is -0.132. The number of aromatic nitrogens is 1. The first-order chi connectivity index (χ1) is 14.1. The van der Waals surface area contributed by atoms with Crippen molar-refractivity contribution in [2.75, 3.05) is 13.1 Å². The van der Waals surface area contributed by atoms with Crippen LogP contribution in [0.25, 0.3) is 6.08 Å². The molecule has 1 aromatic heterocycles. The van der Waals surface area contributed by atoms with E-state index in [0.717, 1.165) is 11.3 Å². The van der Waals surface area contributed by atoms with Crippen LogP contribution >= 0.6 is 0 Å². The highest BCUT2D eigenvalue weighted by Crippen LogP contribution is 2.14. The van der Waals surface area contributed by atoms with E-state index >= 15 is 0 Å². The molecule has 0 unspecified atom stereocenters. The minimum Gasteiger partial charge on any atom is -0.353 e. The highest BCUT2D eigenvalue weighted by Gasteiger charge is 2.28. The molecule has 2 rings (SSSR count). The maximum atomic E-state index is 13.1. The highest BCUT2D eigenvalue weighted by molar-refractivity contribution is 7.92. The van der Waals surface area contributed by atoms with Crippen molar-refractivity contribution in [3.05, 3.63) is 65.3 Å². The summed E-state index contributed by atoms with van der Waals surface area (Å²) in [4.78, 5) is 14.9. The minimum absolute atomic E-state index is 0.184. The van der Waals surface area contributed by atoms with Crippen LogP contribution in [-0.2, 0) is 28.4 Å². The first kappa shape index (κ1) is 23.9. The van der Waals surface area contributed by atoms with Gasteiger partial charge in [0.05, 0.1) is 13.1 Å². The maximum Gasteiger partial charge on any atom is 0.238 e. The molecule has 164 valence electrons.